The summed E-state index contributed by atoms with van der Waals surface area (Å²) >= 11 is 11.9. The van der Waals surface area contributed by atoms with Gasteiger partial charge in [-0.15, -0.1) is 0 Å². The Bertz CT molecular complexity index is 582. The van der Waals surface area contributed by atoms with Gasteiger partial charge in [-0.1, -0.05) is 28.1 Å². The summed E-state index contributed by atoms with van der Waals surface area (Å²) < 4.78 is 2.03. The summed E-state index contributed by atoms with van der Waals surface area (Å²) in [7, 11) is 0. The molecule has 3 N–H and O–H groups in total. The molecule has 0 aliphatic heterocycles. The first-order chi connectivity index (χ1) is 8.56. The van der Waals surface area contributed by atoms with Crippen LogP contribution in [0.4, 0.5) is 11.4 Å². The van der Waals surface area contributed by atoms with Crippen LogP contribution in [0.15, 0.2) is 51.4 Å². The standard InChI is InChI=1S/C13H10Br2N2S/c14-9-3-6-11(15)12(7-9)17-10-4-1-8(2-5-10)13(16)18/h1-7,17H,(H2,16,18). The highest BCUT2D eigenvalue weighted by Crippen LogP contribution is 2.29. The van der Waals surface area contributed by atoms with Gasteiger partial charge in [0.2, 0.25) is 0 Å². The van der Waals surface area contributed by atoms with Crippen LogP contribution in [0, 0.1) is 0 Å². The van der Waals surface area contributed by atoms with E-state index in [0.717, 1.165) is 25.9 Å². The third-order valence-electron chi connectivity index (χ3n) is 2.38. The van der Waals surface area contributed by atoms with Gasteiger partial charge in [-0.25, -0.2) is 0 Å². The molecule has 5 heteroatoms. The number of nitrogens with one attached hydrogen (secondary N) is 1. The molecule has 0 atom stereocenters. The summed E-state index contributed by atoms with van der Waals surface area (Å²) in [6, 6.07) is 13.7. The molecule has 92 valence electrons. The van der Waals surface area contributed by atoms with E-state index in [4.69, 9.17) is 18.0 Å². The second-order valence-corrected chi connectivity index (χ2v) is 5.90. The maximum Gasteiger partial charge on any atom is 0.103 e. The van der Waals surface area contributed by atoms with Crippen molar-refractivity contribution in [3.05, 3.63) is 57.0 Å². The van der Waals surface area contributed by atoms with Crippen LogP contribution in [0.3, 0.4) is 0 Å². The molecule has 0 spiro atoms. The van der Waals surface area contributed by atoms with Crippen molar-refractivity contribution in [1.29, 1.82) is 0 Å². The fourth-order valence-corrected chi connectivity index (χ4v) is 2.31. The van der Waals surface area contributed by atoms with E-state index in [2.05, 4.69) is 37.2 Å². The van der Waals surface area contributed by atoms with Gasteiger partial charge in [0, 0.05) is 20.2 Å². The molecule has 0 aliphatic rings. The monoisotopic (exact) mass is 384 g/mol. The maximum absolute atomic E-state index is 5.56. The van der Waals surface area contributed by atoms with Crippen molar-refractivity contribution in [3.8, 4) is 0 Å². The summed E-state index contributed by atoms with van der Waals surface area (Å²) in [5.74, 6) is 0. The third-order valence-corrected chi connectivity index (χ3v) is 3.80. The first-order valence-electron chi connectivity index (χ1n) is 5.18. The fourth-order valence-electron chi connectivity index (χ4n) is 1.47. The molecule has 2 nitrogen and oxygen atoms in total. The molecule has 0 aliphatic carbocycles. The number of rotatable bonds is 3. The average molecular weight is 386 g/mol. The molecule has 0 saturated carbocycles. The topological polar surface area (TPSA) is 38.0 Å². The Balaban J connectivity index is 2.23. The predicted molar refractivity (Wildman–Crippen MR) is 87.5 cm³/mol. The molecule has 0 heterocycles. The van der Waals surface area contributed by atoms with Gasteiger partial charge < -0.3 is 11.1 Å². The Morgan fingerprint density at radius 2 is 1.72 bits per heavy atom. The molecule has 2 aromatic rings. The minimum atomic E-state index is 0.408. The number of nitrogens with two attached hydrogens (primary N) is 1. The second kappa shape index (κ2) is 5.82. The second-order valence-electron chi connectivity index (χ2n) is 3.69. The number of thiocarbonyl (C=S) groups is 1. The molecule has 2 rings (SSSR count). The van der Waals surface area contributed by atoms with Crippen LogP contribution in [0.2, 0.25) is 0 Å². The smallest absolute Gasteiger partial charge is 0.103 e. The Morgan fingerprint density at radius 3 is 2.33 bits per heavy atom. The zero-order valence-electron chi connectivity index (χ0n) is 9.28. The van der Waals surface area contributed by atoms with E-state index >= 15 is 0 Å². The predicted octanol–water partition coefficient (Wildman–Crippen LogP) is 4.59. The molecule has 2 aromatic carbocycles. The Hall–Kier alpha value is -0.910. The van der Waals surface area contributed by atoms with Gasteiger partial charge in [0.15, 0.2) is 0 Å². The van der Waals surface area contributed by atoms with E-state index in [0.29, 0.717) is 4.99 Å². The summed E-state index contributed by atoms with van der Waals surface area (Å²) in [6.07, 6.45) is 0. The van der Waals surface area contributed by atoms with Crippen LogP contribution in [-0.2, 0) is 0 Å². The van der Waals surface area contributed by atoms with Gasteiger partial charge in [-0.3, -0.25) is 0 Å². The number of anilines is 2. The lowest BCUT2D eigenvalue weighted by atomic mass is 10.2. The van der Waals surface area contributed by atoms with Crippen LogP contribution in [-0.4, -0.2) is 4.99 Å². The van der Waals surface area contributed by atoms with Crippen molar-refractivity contribution < 1.29 is 0 Å². The molecule has 0 aromatic heterocycles. The van der Waals surface area contributed by atoms with Gasteiger partial charge in [0.1, 0.15) is 4.99 Å². The Kier molecular flexibility index (Phi) is 4.37. The van der Waals surface area contributed by atoms with Crippen molar-refractivity contribution in [3.63, 3.8) is 0 Å². The van der Waals surface area contributed by atoms with Gasteiger partial charge in [-0.05, 0) is 58.4 Å². The molecule has 0 amide bonds. The van der Waals surface area contributed by atoms with Gasteiger partial charge in [-0.2, -0.15) is 0 Å². The quantitative estimate of drug-likeness (QED) is 0.759. The van der Waals surface area contributed by atoms with E-state index in [1.165, 1.54) is 0 Å². The fraction of sp³-hybridized carbons (Fsp3) is 0. The zero-order valence-corrected chi connectivity index (χ0v) is 13.3. The van der Waals surface area contributed by atoms with Crippen LogP contribution < -0.4 is 11.1 Å². The van der Waals surface area contributed by atoms with Crippen molar-refractivity contribution in [2.75, 3.05) is 5.32 Å². The third kappa shape index (κ3) is 3.31. The first kappa shape index (κ1) is 13.5. The first-order valence-corrected chi connectivity index (χ1v) is 7.17. The lowest BCUT2D eigenvalue weighted by molar-refractivity contribution is 1.50. The highest BCUT2D eigenvalue weighted by atomic mass is 79.9. The van der Waals surface area contributed by atoms with Gasteiger partial charge in [0.05, 0.1) is 5.69 Å². The molecule has 18 heavy (non-hydrogen) atoms. The van der Waals surface area contributed by atoms with E-state index in [1.54, 1.807) is 0 Å². The van der Waals surface area contributed by atoms with Crippen molar-refractivity contribution >= 4 is 60.4 Å². The van der Waals surface area contributed by atoms with E-state index in [-0.39, 0.29) is 0 Å². The maximum atomic E-state index is 5.56. The molecule has 0 saturated heterocycles. The summed E-state index contributed by atoms with van der Waals surface area (Å²) in [5.41, 5.74) is 8.40. The SMILES string of the molecule is NC(=S)c1ccc(Nc2cc(Br)ccc2Br)cc1. The summed E-state index contributed by atoms with van der Waals surface area (Å²) in [6.45, 7) is 0. The average Bonchev–Trinajstić information content (AvgIpc) is 2.34. The molecule has 0 unspecified atom stereocenters. The summed E-state index contributed by atoms with van der Waals surface area (Å²) in [5, 5.41) is 3.32. The van der Waals surface area contributed by atoms with E-state index in [1.807, 2.05) is 42.5 Å². The largest absolute Gasteiger partial charge is 0.389 e. The number of hydrogen-bond acceptors (Lipinski definition) is 2. The van der Waals surface area contributed by atoms with E-state index < -0.39 is 0 Å². The molecular weight excluding hydrogens is 376 g/mol. The normalized spacial score (nSPS) is 10.1. The lowest BCUT2D eigenvalue weighted by Gasteiger charge is -2.09. The summed E-state index contributed by atoms with van der Waals surface area (Å²) in [4.78, 5) is 0.408. The Labute approximate surface area is 128 Å². The molecule has 0 fully saturated rings. The van der Waals surface area contributed by atoms with E-state index in [9.17, 15) is 0 Å². The lowest BCUT2D eigenvalue weighted by Crippen LogP contribution is -2.08. The van der Waals surface area contributed by atoms with Crippen molar-refractivity contribution in [2.24, 2.45) is 5.73 Å². The van der Waals surface area contributed by atoms with Crippen molar-refractivity contribution in [1.82, 2.24) is 0 Å². The number of hydrogen-bond donors (Lipinski definition) is 2. The molecule has 0 bridgehead atoms. The minimum Gasteiger partial charge on any atom is -0.389 e. The highest BCUT2D eigenvalue weighted by molar-refractivity contribution is 9.11. The van der Waals surface area contributed by atoms with Gasteiger partial charge in [0.25, 0.3) is 0 Å². The minimum absolute atomic E-state index is 0.408. The van der Waals surface area contributed by atoms with Gasteiger partial charge >= 0.3 is 0 Å². The molecule has 0 radical (unpaired) electrons. The van der Waals surface area contributed by atoms with Crippen LogP contribution in [0.25, 0.3) is 0 Å². The van der Waals surface area contributed by atoms with Crippen molar-refractivity contribution in [2.45, 2.75) is 0 Å². The zero-order chi connectivity index (χ0) is 13.1. The molecular formula is C13H10Br2N2S. The highest BCUT2D eigenvalue weighted by Gasteiger charge is 2.02. The van der Waals surface area contributed by atoms with Crippen LogP contribution in [0.5, 0.6) is 0 Å². The Morgan fingerprint density at radius 1 is 1.06 bits per heavy atom. The number of benzene rings is 2. The van der Waals surface area contributed by atoms with Crippen LogP contribution >= 0.6 is 44.1 Å². The van der Waals surface area contributed by atoms with Crippen LogP contribution in [0.1, 0.15) is 5.56 Å². The number of halogens is 2.